The number of ether oxygens (including phenoxy) is 2. The van der Waals surface area contributed by atoms with E-state index in [0.29, 0.717) is 24.3 Å². The largest absolute Gasteiger partial charge is 0.470 e. The van der Waals surface area contributed by atoms with Crippen molar-refractivity contribution in [2.45, 2.75) is 51.5 Å². The molecule has 0 saturated carbocycles. The highest BCUT2D eigenvalue weighted by Crippen LogP contribution is 2.47. The molecule has 0 radical (unpaired) electrons. The fourth-order valence-electron chi connectivity index (χ4n) is 1.94. The Morgan fingerprint density at radius 2 is 1.67 bits per heavy atom. The number of thioether (sulfide) groups is 1. The van der Waals surface area contributed by atoms with Gasteiger partial charge in [0, 0.05) is 16.9 Å². The van der Waals surface area contributed by atoms with Crippen molar-refractivity contribution in [3.8, 4) is 0 Å². The summed E-state index contributed by atoms with van der Waals surface area (Å²) >= 11 is 1.48. The van der Waals surface area contributed by atoms with Gasteiger partial charge in [0.1, 0.15) is 18.6 Å². The van der Waals surface area contributed by atoms with Crippen LogP contribution in [0.2, 0.25) is 0 Å². The van der Waals surface area contributed by atoms with Crippen molar-refractivity contribution in [3.05, 3.63) is 24.3 Å². The van der Waals surface area contributed by atoms with Gasteiger partial charge >= 0.3 is 19.8 Å². The number of hydrogen-bond acceptors (Lipinski definition) is 9. The number of hydrogen-bond donors (Lipinski definition) is 4. The molecule has 13 heteroatoms. The van der Waals surface area contributed by atoms with Gasteiger partial charge in [0.15, 0.2) is 8.38 Å². The highest BCUT2D eigenvalue weighted by molar-refractivity contribution is 7.99. The lowest BCUT2D eigenvalue weighted by atomic mass is 10.2. The Hall–Kier alpha value is -0.770. The monoisotopic (exact) mass is 488 g/mol. The minimum Gasteiger partial charge on any atom is -0.458 e. The first-order chi connectivity index (χ1) is 13.8. The number of unbranched alkanes of at least 4 members (excludes halogenated alkanes) is 2. The molecular weight excluding hydrogens is 458 g/mol. The van der Waals surface area contributed by atoms with Gasteiger partial charge in [-0.2, -0.15) is 11.8 Å². The first kappa shape index (κ1) is 29.2. The molecule has 0 amide bonds. The van der Waals surface area contributed by atoms with Crippen molar-refractivity contribution in [2.75, 3.05) is 18.1 Å². The second-order valence-corrected chi connectivity index (χ2v) is 10.0. The SMILES string of the molecule is C=C(C)C(=O)OCC(CSCCCCCC(OP(=O)(O)O)P(O)O)OC(=O)C(=C)C. The highest BCUT2D eigenvalue weighted by atomic mass is 32.2. The number of esters is 2. The molecule has 0 aliphatic heterocycles. The van der Waals surface area contributed by atoms with E-state index in [1.165, 1.54) is 25.6 Å². The van der Waals surface area contributed by atoms with Gasteiger partial charge in [0.05, 0.1) is 0 Å². The maximum Gasteiger partial charge on any atom is 0.470 e. The minimum absolute atomic E-state index is 0.101. The third-order valence-electron chi connectivity index (χ3n) is 3.43. The number of phosphoric ester groups is 1. The summed E-state index contributed by atoms with van der Waals surface area (Å²) in [6.07, 6.45) is 1.34. The van der Waals surface area contributed by atoms with E-state index < -0.39 is 40.1 Å². The van der Waals surface area contributed by atoms with Gasteiger partial charge < -0.3 is 29.0 Å². The molecule has 0 spiro atoms. The van der Waals surface area contributed by atoms with Crippen LogP contribution in [0.4, 0.5) is 0 Å². The average Bonchev–Trinajstić information content (AvgIpc) is 2.62. The van der Waals surface area contributed by atoms with Gasteiger partial charge in [0.2, 0.25) is 0 Å². The summed E-state index contributed by atoms with van der Waals surface area (Å²) in [5.74, 6) is -1.37. The van der Waals surface area contributed by atoms with Crippen LogP contribution in [0.3, 0.4) is 0 Å². The maximum absolute atomic E-state index is 11.7. The van der Waals surface area contributed by atoms with Crippen LogP contribution in [-0.4, -0.2) is 61.6 Å². The number of carbonyl (C=O) groups is 2. The van der Waals surface area contributed by atoms with Gasteiger partial charge in [-0.15, -0.1) is 0 Å². The van der Waals surface area contributed by atoms with Crippen LogP contribution in [0.5, 0.6) is 0 Å². The molecule has 0 fully saturated rings. The van der Waals surface area contributed by atoms with Gasteiger partial charge in [-0.3, -0.25) is 4.52 Å². The molecule has 0 heterocycles. The molecule has 0 rings (SSSR count). The predicted octanol–water partition coefficient (Wildman–Crippen LogP) is 2.62. The molecular formula is C17H30O10P2S. The van der Waals surface area contributed by atoms with Crippen LogP contribution in [0.15, 0.2) is 24.3 Å². The van der Waals surface area contributed by atoms with E-state index >= 15 is 0 Å². The van der Waals surface area contributed by atoms with Crippen LogP contribution in [0.1, 0.15) is 39.5 Å². The molecule has 0 aromatic heterocycles. The van der Waals surface area contributed by atoms with Crippen LogP contribution in [0.25, 0.3) is 0 Å². The summed E-state index contributed by atoms with van der Waals surface area (Å²) in [6, 6.07) is 0. The van der Waals surface area contributed by atoms with Crippen molar-refractivity contribution < 1.29 is 47.7 Å². The van der Waals surface area contributed by atoms with Crippen molar-refractivity contribution in [1.29, 1.82) is 0 Å². The quantitative estimate of drug-likeness (QED) is 0.109. The molecule has 4 N–H and O–H groups in total. The summed E-state index contributed by atoms with van der Waals surface area (Å²) in [5.41, 5.74) is 0.471. The molecule has 0 aromatic carbocycles. The standard InChI is InChI=1S/C17H30O10P2S/c1-12(2)16(18)25-10-14(26-17(19)13(3)4)11-30-9-7-5-6-8-15(28(20)21)27-29(22,23)24/h14-15,20-21H,1,3,5-11H2,2,4H3,(H2,22,23,24). The molecule has 174 valence electrons. The molecule has 0 saturated heterocycles. The topological polar surface area (TPSA) is 160 Å². The predicted molar refractivity (Wildman–Crippen MR) is 115 cm³/mol. The Morgan fingerprint density at radius 3 is 2.17 bits per heavy atom. The van der Waals surface area contributed by atoms with Crippen LogP contribution in [-0.2, 0) is 28.2 Å². The Kier molecular flexibility index (Phi) is 14.7. The molecule has 2 unspecified atom stereocenters. The third kappa shape index (κ3) is 15.1. The zero-order chi connectivity index (χ0) is 23.3. The second-order valence-electron chi connectivity index (χ2n) is 6.48. The Balaban J connectivity index is 4.28. The summed E-state index contributed by atoms with van der Waals surface area (Å²) in [5, 5.41) is 0. The molecule has 2 atom stereocenters. The molecule has 0 aliphatic carbocycles. The number of phosphoric acid groups is 1. The van der Waals surface area contributed by atoms with Crippen molar-refractivity contribution in [2.24, 2.45) is 0 Å². The Bertz CT molecular complexity index is 634. The first-order valence-corrected chi connectivity index (χ1v) is 13.0. The third-order valence-corrected chi connectivity index (χ3v) is 6.19. The van der Waals surface area contributed by atoms with Crippen molar-refractivity contribution in [3.63, 3.8) is 0 Å². The van der Waals surface area contributed by atoms with Gasteiger partial charge in [0.25, 0.3) is 0 Å². The average molecular weight is 488 g/mol. The van der Waals surface area contributed by atoms with E-state index in [2.05, 4.69) is 17.7 Å². The lowest BCUT2D eigenvalue weighted by Gasteiger charge is -2.19. The fourth-order valence-corrected chi connectivity index (χ4v) is 4.49. The zero-order valence-corrected chi connectivity index (χ0v) is 19.7. The molecule has 0 aromatic rings. The first-order valence-electron chi connectivity index (χ1n) is 9.01. The fraction of sp³-hybridized carbons (Fsp3) is 0.647. The van der Waals surface area contributed by atoms with E-state index in [1.807, 2.05) is 0 Å². The van der Waals surface area contributed by atoms with E-state index in [0.717, 1.165) is 6.42 Å². The minimum atomic E-state index is -4.79. The number of carbonyl (C=O) groups excluding carboxylic acids is 2. The van der Waals surface area contributed by atoms with Crippen molar-refractivity contribution in [1.82, 2.24) is 0 Å². The van der Waals surface area contributed by atoms with Crippen LogP contribution < -0.4 is 0 Å². The van der Waals surface area contributed by atoms with E-state index in [1.54, 1.807) is 0 Å². The summed E-state index contributed by atoms with van der Waals surface area (Å²) in [4.78, 5) is 59.1. The van der Waals surface area contributed by atoms with E-state index in [4.69, 9.17) is 19.3 Å². The Morgan fingerprint density at radius 1 is 1.07 bits per heavy atom. The van der Waals surface area contributed by atoms with Gasteiger partial charge in [-0.1, -0.05) is 26.0 Å². The molecule has 10 nitrogen and oxygen atoms in total. The maximum atomic E-state index is 11.7. The second kappa shape index (κ2) is 15.1. The van der Waals surface area contributed by atoms with E-state index in [9.17, 15) is 23.9 Å². The molecule has 0 aliphatic rings. The van der Waals surface area contributed by atoms with Crippen molar-refractivity contribution >= 4 is 39.9 Å². The summed E-state index contributed by atoms with van der Waals surface area (Å²) in [7, 11) is -7.40. The normalized spacial score (nSPS) is 13.6. The van der Waals surface area contributed by atoms with Gasteiger partial charge in [-0.25, -0.2) is 14.2 Å². The molecule has 0 bridgehead atoms. The van der Waals surface area contributed by atoms with E-state index in [-0.39, 0.29) is 24.2 Å². The van der Waals surface area contributed by atoms with Crippen LogP contribution in [0, 0.1) is 0 Å². The summed E-state index contributed by atoms with van der Waals surface area (Å²) < 4.78 is 25.5. The lowest BCUT2D eigenvalue weighted by molar-refractivity contribution is -0.152. The lowest BCUT2D eigenvalue weighted by Crippen LogP contribution is -2.28. The van der Waals surface area contributed by atoms with Crippen LogP contribution >= 0.6 is 28.0 Å². The molecule has 30 heavy (non-hydrogen) atoms. The zero-order valence-electron chi connectivity index (χ0n) is 17.1. The van der Waals surface area contributed by atoms with Gasteiger partial charge in [-0.05, 0) is 32.4 Å². The number of rotatable bonds is 16. The summed E-state index contributed by atoms with van der Waals surface area (Å²) in [6.45, 7) is 9.92. The highest BCUT2D eigenvalue weighted by Gasteiger charge is 2.27. The smallest absolute Gasteiger partial charge is 0.458 e. The Labute approximate surface area is 181 Å².